The van der Waals surface area contributed by atoms with Crippen molar-refractivity contribution >= 4 is 39.1 Å². The lowest BCUT2D eigenvalue weighted by atomic mass is 10.1. The molecule has 1 aliphatic rings. The minimum atomic E-state index is -0.525. The van der Waals surface area contributed by atoms with Crippen LogP contribution in [0.2, 0.25) is 0 Å². The van der Waals surface area contributed by atoms with Crippen LogP contribution in [0.4, 0.5) is 11.5 Å². The minimum Gasteiger partial charge on any atom is -0.352 e. The molecule has 0 fully saturated rings. The summed E-state index contributed by atoms with van der Waals surface area (Å²) in [5.74, 6) is -0.339. The van der Waals surface area contributed by atoms with Gasteiger partial charge in [-0.05, 0) is 37.3 Å². The standard InChI is InChI=1S/C15H12BrN3O2/c1-9-3-2-4-13(18-9)17-8-19-12-6-5-10(16)7-11(12)14(20)15(19)21/h2-7H,8H2,1H3,(H,17,18). The Morgan fingerprint density at radius 2 is 2.05 bits per heavy atom. The highest BCUT2D eigenvalue weighted by molar-refractivity contribution is 9.10. The molecule has 1 amide bonds. The number of benzene rings is 1. The topological polar surface area (TPSA) is 62.3 Å². The monoisotopic (exact) mass is 345 g/mol. The van der Waals surface area contributed by atoms with Crippen molar-refractivity contribution in [1.82, 2.24) is 4.98 Å². The number of nitrogens with one attached hydrogen (secondary N) is 1. The molecule has 0 aliphatic carbocycles. The lowest BCUT2D eigenvalue weighted by Crippen LogP contribution is -2.34. The third-order valence-corrected chi connectivity index (χ3v) is 3.73. The number of rotatable bonds is 3. The third kappa shape index (κ3) is 2.54. The van der Waals surface area contributed by atoms with Crippen LogP contribution in [-0.2, 0) is 4.79 Å². The number of hydrogen-bond acceptors (Lipinski definition) is 4. The first kappa shape index (κ1) is 13.8. The second kappa shape index (κ2) is 5.29. The molecule has 21 heavy (non-hydrogen) atoms. The number of ketones is 1. The van der Waals surface area contributed by atoms with E-state index in [4.69, 9.17) is 0 Å². The smallest absolute Gasteiger partial charge is 0.300 e. The Hall–Kier alpha value is -2.21. The van der Waals surface area contributed by atoms with Crippen LogP contribution in [0.1, 0.15) is 16.1 Å². The molecule has 1 N–H and O–H groups in total. The van der Waals surface area contributed by atoms with Gasteiger partial charge in [-0.3, -0.25) is 14.5 Å². The van der Waals surface area contributed by atoms with Gasteiger partial charge in [0.1, 0.15) is 5.82 Å². The Morgan fingerprint density at radius 1 is 1.24 bits per heavy atom. The lowest BCUT2D eigenvalue weighted by Gasteiger charge is -2.17. The number of halogens is 1. The second-order valence-electron chi connectivity index (χ2n) is 4.72. The zero-order chi connectivity index (χ0) is 15.0. The number of carbonyl (C=O) groups is 2. The SMILES string of the molecule is Cc1cccc(NCN2C(=O)C(=O)c3cc(Br)ccc32)n1. The van der Waals surface area contributed by atoms with Crippen LogP contribution in [0, 0.1) is 6.92 Å². The molecule has 0 unspecified atom stereocenters. The van der Waals surface area contributed by atoms with Crippen LogP contribution in [0.5, 0.6) is 0 Å². The Morgan fingerprint density at radius 3 is 2.81 bits per heavy atom. The summed E-state index contributed by atoms with van der Waals surface area (Å²) in [5, 5.41) is 3.06. The van der Waals surface area contributed by atoms with E-state index in [1.54, 1.807) is 12.1 Å². The molecule has 3 rings (SSSR count). The van der Waals surface area contributed by atoms with Gasteiger partial charge >= 0.3 is 5.91 Å². The molecule has 6 heteroatoms. The molecule has 1 aromatic heterocycles. The van der Waals surface area contributed by atoms with Crippen molar-refractivity contribution in [3.8, 4) is 0 Å². The largest absolute Gasteiger partial charge is 0.352 e. The van der Waals surface area contributed by atoms with Crippen LogP contribution in [0.25, 0.3) is 0 Å². The van der Waals surface area contributed by atoms with E-state index in [-0.39, 0.29) is 6.67 Å². The van der Waals surface area contributed by atoms with Crippen LogP contribution in [-0.4, -0.2) is 23.3 Å². The van der Waals surface area contributed by atoms with Crippen LogP contribution in [0.3, 0.4) is 0 Å². The van der Waals surface area contributed by atoms with Gasteiger partial charge in [0.25, 0.3) is 5.78 Å². The predicted molar refractivity (Wildman–Crippen MR) is 83.4 cm³/mol. The van der Waals surface area contributed by atoms with Crippen molar-refractivity contribution in [3.05, 3.63) is 52.1 Å². The lowest BCUT2D eigenvalue weighted by molar-refractivity contribution is -0.114. The number of nitrogens with zero attached hydrogens (tertiary/aromatic N) is 2. The molecule has 0 bridgehead atoms. The van der Waals surface area contributed by atoms with Gasteiger partial charge in [0.05, 0.1) is 17.9 Å². The van der Waals surface area contributed by atoms with Gasteiger partial charge in [0.2, 0.25) is 0 Å². The molecular weight excluding hydrogens is 334 g/mol. The van der Waals surface area contributed by atoms with E-state index < -0.39 is 11.7 Å². The Kier molecular flexibility index (Phi) is 3.47. The number of hydrogen-bond donors (Lipinski definition) is 1. The first-order valence-electron chi connectivity index (χ1n) is 6.39. The summed E-state index contributed by atoms with van der Waals surface area (Å²) in [7, 11) is 0. The van der Waals surface area contributed by atoms with Crippen molar-refractivity contribution in [2.45, 2.75) is 6.92 Å². The van der Waals surface area contributed by atoms with E-state index >= 15 is 0 Å². The Labute approximate surface area is 130 Å². The highest BCUT2D eigenvalue weighted by atomic mass is 79.9. The minimum absolute atomic E-state index is 0.204. The maximum Gasteiger partial charge on any atom is 0.300 e. The highest BCUT2D eigenvalue weighted by Crippen LogP contribution is 2.31. The molecule has 5 nitrogen and oxygen atoms in total. The number of carbonyl (C=O) groups excluding carboxylic acids is 2. The molecule has 2 aromatic rings. The molecule has 0 saturated heterocycles. The van der Waals surface area contributed by atoms with Crippen LogP contribution in [0.15, 0.2) is 40.9 Å². The first-order chi connectivity index (χ1) is 10.1. The molecule has 0 atom stereocenters. The molecule has 1 aromatic carbocycles. The number of aromatic nitrogens is 1. The quantitative estimate of drug-likeness (QED) is 0.869. The van der Waals surface area contributed by atoms with Crippen molar-refractivity contribution in [2.24, 2.45) is 0 Å². The summed E-state index contributed by atoms with van der Waals surface area (Å²) in [6, 6.07) is 10.8. The van der Waals surface area contributed by atoms with Gasteiger partial charge < -0.3 is 5.32 Å². The zero-order valence-corrected chi connectivity index (χ0v) is 12.8. The molecule has 0 spiro atoms. The second-order valence-corrected chi connectivity index (χ2v) is 5.64. The summed E-state index contributed by atoms with van der Waals surface area (Å²) in [4.78, 5) is 29.8. The number of anilines is 2. The van der Waals surface area contributed by atoms with Gasteiger partial charge in [0, 0.05) is 10.2 Å². The number of pyridine rings is 1. The number of Topliss-reactive ketones (excluding diaryl/α,β-unsaturated/α-hetero) is 1. The fourth-order valence-corrected chi connectivity index (χ4v) is 2.59. The number of fused-ring (bicyclic) bond motifs is 1. The molecule has 2 heterocycles. The van der Waals surface area contributed by atoms with Gasteiger partial charge in [-0.15, -0.1) is 0 Å². The number of aryl methyl sites for hydroxylation is 1. The predicted octanol–water partition coefficient (Wildman–Crippen LogP) is 2.75. The van der Waals surface area contributed by atoms with Gasteiger partial charge in [-0.1, -0.05) is 22.0 Å². The normalized spacial score (nSPS) is 13.5. The fourth-order valence-electron chi connectivity index (χ4n) is 2.23. The summed E-state index contributed by atoms with van der Waals surface area (Å²) in [5.41, 5.74) is 1.93. The van der Waals surface area contributed by atoms with E-state index in [9.17, 15) is 9.59 Å². The average Bonchev–Trinajstić information content (AvgIpc) is 2.69. The maximum atomic E-state index is 12.1. The number of amides is 1. The van der Waals surface area contributed by atoms with Crippen molar-refractivity contribution in [3.63, 3.8) is 0 Å². The Balaban J connectivity index is 1.84. The van der Waals surface area contributed by atoms with Gasteiger partial charge in [-0.25, -0.2) is 4.98 Å². The van der Waals surface area contributed by atoms with E-state index in [0.717, 1.165) is 10.2 Å². The van der Waals surface area contributed by atoms with Crippen LogP contribution < -0.4 is 10.2 Å². The fraction of sp³-hybridized carbons (Fsp3) is 0.133. The molecule has 106 valence electrons. The van der Waals surface area contributed by atoms with E-state index in [0.29, 0.717) is 17.1 Å². The van der Waals surface area contributed by atoms with E-state index in [1.807, 2.05) is 31.2 Å². The molecule has 0 saturated carbocycles. The van der Waals surface area contributed by atoms with E-state index in [2.05, 4.69) is 26.2 Å². The summed E-state index contributed by atoms with van der Waals surface area (Å²) in [6.07, 6.45) is 0. The van der Waals surface area contributed by atoms with Gasteiger partial charge in [-0.2, -0.15) is 0 Å². The molecular formula is C15H12BrN3O2. The van der Waals surface area contributed by atoms with Crippen molar-refractivity contribution < 1.29 is 9.59 Å². The van der Waals surface area contributed by atoms with Crippen molar-refractivity contribution in [2.75, 3.05) is 16.9 Å². The van der Waals surface area contributed by atoms with E-state index in [1.165, 1.54) is 4.90 Å². The summed E-state index contributed by atoms with van der Waals surface area (Å²) >= 11 is 3.31. The average molecular weight is 346 g/mol. The highest BCUT2D eigenvalue weighted by Gasteiger charge is 2.35. The first-order valence-corrected chi connectivity index (χ1v) is 7.19. The van der Waals surface area contributed by atoms with Crippen molar-refractivity contribution in [1.29, 1.82) is 0 Å². The molecule has 1 aliphatic heterocycles. The zero-order valence-electron chi connectivity index (χ0n) is 11.3. The molecule has 0 radical (unpaired) electrons. The van der Waals surface area contributed by atoms with Gasteiger partial charge in [0.15, 0.2) is 0 Å². The maximum absolute atomic E-state index is 12.1. The summed E-state index contributed by atoms with van der Waals surface area (Å²) in [6.45, 7) is 2.10. The third-order valence-electron chi connectivity index (χ3n) is 3.24. The Bertz CT molecular complexity index is 745. The van der Waals surface area contributed by atoms with Crippen LogP contribution >= 0.6 is 15.9 Å². The summed E-state index contributed by atoms with van der Waals surface area (Å²) < 4.78 is 0.776.